The second-order valence-corrected chi connectivity index (χ2v) is 4.33. The fraction of sp³-hybridized carbons (Fsp3) is 0. The maximum Gasteiger partial charge on any atom is 0.258 e. The second-order valence-electron chi connectivity index (χ2n) is 3.92. The van der Waals surface area contributed by atoms with Gasteiger partial charge in [0.2, 0.25) is 0 Å². The van der Waals surface area contributed by atoms with E-state index in [-0.39, 0.29) is 22.0 Å². The van der Waals surface area contributed by atoms with Gasteiger partial charge < -0.3 is 10.4 Å². The van der Waals surface area contributed by atoms with E-state index in [0.29, 0.717) is 5.56 Å². The quantitative estimate of drug-likeness (QED) is 0.891. The van der Waals surface area contributed by atoms with Crippen molar-refractivity contribution in [3.05, 3.63) is 58.4 Å². The third-order valence-electron chi connectivity index (χ3n) is 2.54. The number of carbonyl (C=O) groups is 1. The number of nitrogens with zero attached hydrogens (tertiary/aromatic N) is 1. The molecule has 0 bridgehead atoms. The maximum absolute atomic E-state index is 13.5. The van der Waals surface area contributed by atoms with E-state index < -0.39 is 11.7 Å². The Morgan fingerprint density at radius 2 is 2.05 bits per heavy atom. The van der Waals surface area contributed by atoms with Crippen LogP contribution >= 0.6 is 11.6 Å². The van der Waals surface area contributed by atoms with Gasteiger partial charge in [-0.25, -0.2) is 4.39 Å². The van der Waals surface area contributed by atoms with E-state index >= 15 is 0 Å². The van der Waals surface area contributed by atoms with Crippen molar-refractivity contribution in [1.82, 2.24) is 0 Å². The summed E-state index contributed by atoms with van der Waals surface area (Å²) in [6.07, 6.45) is 0. The minimum atomic E-state index is -0.852. The van der Waals surface area contributed by atoms with Crippen LogP contribution in [0.2, 0.25) is 5.02 Å². The monoisotopic (exact) mass is 290 g/mol. The second kappa shape index (κ2) is 5.59. The van der Waals surface area contributed by atoms with Gasteiger partial charge in [-0.3, -0.25) is 4.79 Å². The van der Waals surface area contributed by atoms with Crippen LogP contribution in [0.4, 0.5) is 10.1 Å². The Balaban J connectivity index is 2.30. The molecule has 2 N–H and O–H groups in total. The lowest BCUT2D eigenvalue weighted by Crippen LogP contribution is -2.14. The number of anilines is 1. The summed E-state index contributed by atoms with van der Waals surface area (Å²) in [5.74, 6) is -1.85. The molecule has 100 valence electrons. The molecule has 20 heavy (non-hydrogen) atoms. The number of benzene rings is 2. The number of nitrogens with one attached hydrogen (secondary N) is 1. The molecule has 0 fully saturated rings. The van der Waals surface area contributed by atoms with Gasteiger partial charge in [-0.1, -0.05) is 11.6 Å². The number of phenolic OH excluding ortho intramolecular Hbond substituents is 1. The summed E-state index contributed by atoms with van der Waals surface area (Å²) in [4.78, 5) is 11.9. The van der Waals surface area contributed by atoms with Crippen LogP contribution in [0.3, 0.4) is 0 Å². The van der Waals surface area contributed by atoms with E-state index in [1.54, 1.807) is 0 Å². The first kappa shape index (κ1) is 13.8. The molecule has 1 amide bonds. The molecule has 2 rings (SSSR count). The van der Waals surface area contributed by atoms with Crippen molar-refractivity contribution >= 4 is 23.2 Å². The van der Waals surface area contributed by atoms with Gasteiger partial charge in [0, 0.05) is 6.07 Å². The number of halogens is 2. The van der Waals surface area contributed by atoms with Crippen molar-refractivity contribution < 1.29 is 14.3 Å². The molecule has 0 aliphatic rings. The van der Waals surface area contributed by atoms with E-state index in [1.807, 2.05) is 6.07 Å². The molecule has 6 heteroatoms. The number of hydrogen-bond donors (Lipinski definition) is 2. The summed E-state index contributed by atoms with van der Waals surface area (Å²) in [6, 6.07) is 9.45. The zero-order valence-corrected chi connectivity index (χ0v) is 10.8. The van der Waals surface area contributed by atoms with E-state index in [0.717, 1.165) is 12.1 Å². The van der Waals surface area contributed by atoms with Crippen LogP contribution in [0.25, 0.3) is 0 Å². The average molecular weight is 291 g/mol. The van der Waals surface area contributed by atoms with Crippen LogP contribution in [-0.2, 0) is 0 Å². The molecule has 0 aromatic heterocycles. The number of amides is 1. The van der Waals surface area contributed by atoms with Gasteiger partial charge in [-0.05, 0) is 30.3 Å². The Kier molecular flexibility index (Phi) is 3.87. The third-order valence-corrected chi connectivity index (χ3v) is 2.87. The van der Waals surface area contributed by atoms with Crippen molar-refractivity contribution in [2.24, 2.45) is 0 Å². The first-order valence-corrected chi connectivity index (χ1v) is 5.88. The van der Waals surface area contributed by atoms with E-state index in [9.17, 15) is 9.18 Å². The van der Waals surface area contributed by atoms with E-state index in [2.05, 4.69) is 5.32 Å². The van der Waals surface area contributed by atoms with E-state index in [4.69, 9.17) is 22.0 Å². The van der Waals surface area contributed by atoms with Crippen LogP contribution in [0.15, 0.2) is 36.4 Å². The fourth-order valence-electron chi connectivity index (χ4n) is 1.57. The Morgan fingerprint density at radius 3 is 2.70 bits per heavy atom. The summed E-state index contributed by atoms with van der Waals surface area (Å²) < 4.78 is 13.5. The zero-order chi connectivity index (χ0) is 14.7. The van der Waals surface area contributed by atoms with Crippen molar-refractivity contribution in [2.45, 2.75) is 0 Å². The molecule has 0 atom stereocenters. The summed E-state index contributed by atoms with van der Waals surface area (Å²) in [5, 5.41) is 20.5. The highest BCUT2D eigenvalue weighted by atomic mass is 35.5. The lowest BCUT2D eigenvalue weighted by Gasteiger charge is -2.08. The molecule has 2 aromatic rings. The number of carbonyl (C=O) groups excluding carboxylic acids is 1. The summed E-state index contributed by atoms with van der Waals surface area (Å²) >= 11 is 5.89. The highest BCUT2D eigenvalue weighted by Crippen LogP contribution is 2.24. The molecular weight excluding hydrogens is 283 g/mol. The SMILES string of the molecule is N#Cc1ccc(Cl)c(NC(=O)c2ccc(O)cc2F)c1. The van der Waals surface area contributed by atoms with Crippen LogP contribution < -0.4 is 5.32 Å². The number of hydrogen-bond acceptors (Lipinski definition) is 3. The number of aromatic hydroxyl groups is 1. The predicted octanol–water partition coefficient (Wildman–Crippen LogP) is 3.31. The summed E-state index contributed by atoms with van der Waals surface area (Å²) in [6.45, 7) is 0. The molecule has 4 nitrogen and oxygen atoms in total. The van der Waals surface area contributed by atoms with Gasteiger partial charge >= 0.3 is 0 Å². The maximum atomic E-state index is 13.5. The molecule has 0 radical (unpaired) electrons. The smallest absolute Gasteiger partial charge is 0.258 e. The molecule has 0 aliphatic heterocycles. The normalized spacial score (nSPS) is 9.85. The highest BCUT2D eigenvalue weighted by molar-refractivity contribution is 6.34. The molecular formula is C14H8ClFN2O2. The Bertz CT molecular complexity index is 726. The van der Waals surface area contributed by atoms with Gasteiger partial charge in [0.15, 0.2) is 0 Å². The Labute approximate surface area is 119 Å². The van der Waals surface area contributed by atoms with Gasteiger partial charge in [-0.2, -0.15) is 5.26 Å². The van der Waals surface area contributed by atoms with Gasteiger partial charge in [0.05, 0.1) is 27.9 Å². The van der Waals surface area contributed by atoms with Crippen molar-refractivity contribution in [3.63, 3.8) is 0 Å². The van der Waals surface area contributed by atoms with Crippen LogP contribution in [0, 0.1) is 17.1 Å². The molecule has 0 spiro atoms. The van der Waals surface area contributed by atoms with Gasteiger partial charge in [-0.15, -0.1) is 0 Å². The number of phenols is 1. The largest absolute Gasteiger partial charge is 0.508 e. The molecule has 2 aromatic carbocycles. The molecule has 0 saturated heterocycles. The average Bonchev–Trinajstić information content (AvgIpc) is 2.41. The Morgan fingerprint density at radius 1 is 1.30 bits per heavy atom. The summed E-state index contributed by atoms with van der Waals surface area (Å²) in [5.41, 5.74) is 0.292. The van der Waals surface area contributed by atoms with Crippen LogP contribution in [0.5, 0.6) is 5.75 Å². The zero-order valence-electron chi connectivity index (χ0n) is 10.0. The van der Waals surface area contributed by atoms with Crippen molar-refractivity contribution in [1.29, 1.82) is 5.26 Å². The minimum Gasteiger partial charge on any atom is -0.508 e. The minimum absolute atomic E-state index is 0.211. The van der Waals surface area contributed by atoms with Crippen molar-refractivity contribution in [2.75, 3.05) is 5.32 Å². The standard InChI is InChI=1S/C14H8ClFN2O2/c15-11-4-1-8(7-17)5-13(11)18-14(20)10-3-2-9(19)6-12(10)16/h1-6,19H,(H,18,20). The third kappa shape index (κ3) is 2.87. The lowest BCUT2D eigenvalue weighted by atomic mass is 10.1. The van der Waals surface area contributed by atoms with Crippen LogP contribution in [-0.4, -0.2) is 11.0 Å². The van der Waals surface area contributed by atoms with Crippen molar-refractivity contribution in [3.8, 4) is 11.8 Å². The molecule has 0 saturated carbocycles. The molecule has 0 unspecified atom stereocenters. The van der Waals surface area contributed by atoms with E-state index in [1.165, 1.54) is 24.3 Å². The molecule has 0 aliphatic carbocycles. The summed E-state index contributed by atoms with van der Waals surface area (Å²) in [7, 11) is 0. The fourth-order valence-corrected chi connectivity index (χ4v) is 1.73. The Hall–Kier alpha value is -2.58. The first-order chi connectivity index (χ1) is 9.51. The highest BCUT2D eigenvalue weighted by Gasteiger charge is 2.14. The predicted molar refractivity (Wildman–Crippen MR) is 72.2 cm³/mol. The van der Waals surface area contributed by atoms with Gasteiger partial charge in [0.25, 0.3) is 5.91 Å². The van der Waals surface area contributed by atoms with Gasteiger partial charge in [0.1, 0.15) is 11.6 Å². The number of rotatable bonds is 2. The molecule has 0 heterocycles. The topological polar surface area (TPSA) is 73.1 Å². The van der Waals surface area contributed by atoms with Crippen LogP contribution in [0.1, 0.15) is 15.9 Å². The first-order valence-electron chi connectivity index (χ1n) is 5.51. The lowest BCUT2D eigenvalue weighted by molar-refractivity contribution is 0.102. The number of nitriles is 1.